The number of hydrogen-bond acceptors (Lipinski definition) is 13. The van der Waals surface area contributed by atoms with Crippen molar-refractivity contribution in [3.05, 3.63) is 119 Å². The fourth-order valence-corrected chi connectivity index (χ4v) is 11.9. The number of allylic oxidation sites excluding steroid dienone is 2. The van der Waals surface area contributed by atoms with Crippen LogP contribution < -0.4 is 18.9 Å². The third kappa shape index (κ3) is 14.9. The van der Waals surface area contributed by atoms with E-state index in [1.165, 1.54) is 12.1 Å². The van der Waals surface area contributed by atoms with Crippen LogP contribution in [-0.4, -0.2) is 159 Å². The molecule has 3 aliphatic heterocycles. The van der Waals surface area contributed by atoms with Gasteiger partial charge in [0.15, 0.2) is 11.6 Å². The summed E-state index contributed by atoms with van der Waals surface area (Å²) in [5, 5.41) is 0.00249. The summed E-state index contributed by atoms with van der Waals surface area (Å²) in [7, 11) is 6.33. The lowest BCUT2D eigenvalue weighted by Gasteiger charge is -2.37. The number of piperidine rings is 2. The number of ketones is 2. The van der Waals surface area contributed by atoms with E-state index in [-0.39, 0.29) is 72.3 Å². The van der Waals surface area contributed by atoms with Crippen molar-refractivity contribution in [3.63, 3.8) is 0 Å². The van der Waals surface area contributed by atoms with Gasteiger partial charge in [-0.2, -0.15) is 0 Å². The Balaban J connectivity index is 0.000000262. The third-order valence-electron chi connectivity index (χ3n) is 16.0. The zero-order chi connectivity index (χ0) is 62.5. The molecule has 0 spiro atoms. The summed E-state index contributed by atoms with van der Waals surface area (Å²) in [5.41, 5.74) is 4.00. The Bertz CT molecular complexity index is 3590. The van der Waals surface area contributed by atoms with Gasteiger partial charge in [-0.25, -0.2) is 23.8 Å². The molecule has 4 aliphatic rings. The normalized spacial score (nSPS) is 15.9. The molecule has 2 fully saturated rings. The van der Waals surface area contributed by atoms with E-state index in [0.29, 0.717) is 128 Å². The zero-order valence-corrected chi connectivity index (χ0v) is 52.0. The number of imidazole rings is 1. The monoisotopic (exact) mass is 1220 g/mol. The van der Waals surface area contributed by atoms with Gasteiger partial charge in [0.2, 0.25) is 0 Å². The summed E-state index contributed by atoms with van der Waals surface area (Å²) < 4.78 is 52.3. The molecule has 2 saturated heterocycles. The molecule has 464 valence electrons. The van der Waals surface area contributed by atoms with Gasteiger partial charge in [0.25, 0.3) is 0 Å². The SMILES string of the molecule is COc1ccc(CN(CC2CCN(C(=O)OC(C)(C)C)CC2)C(=O)Cl)c(OC)c1.COc1ccc(CN(CC2CCN(C(=O)OC(C)(C)C)CC2)C(=O)N2CCn3cc(C4=C(c5cnc6ccccn56)C(=O)CC4=O)c4cc(F)cc(c43)C2)c(OC)c1. The highest BCUT2D eigenvalue weighted by Crippen LogP contribution is 2.42. The number of likely N-dealkylation sites (tertiary alicyclic amines) is 2. The second kappa shape index (κ2) is 26.7. The number of hydrogen-bond donors (Lipinski definition) is 0. The van der Waals surface area contributed by atoms with Crippen LogP contribution >= 0.6 is 11.6 Å². The Morgan fingerprint density at radius 1 is 0.655 bits per heavy atom. The largest absolute Gasteiger partial charge is 0.497 e. The molecule has 87 heavy (non-hydrogen) atoms. The van der Waals surface area contributed by atoms with Crippen LogP contribution in [0.15, 0.2) is 85.3 Å². The zero-order valence-electron chi connectivity index (χ0n) is 51.3. The van der Waals surface area contributed by atoms with Crippen LogP contribution in [0.2, 0.25) is 0 Å². The molecular weight excluding hydrogens is 1140 g/mol. The number of urea groups is 1. The van der Waals surface area contributed by atoms with Crippen LogP contribution in [0.1, 0.15) is 102 Å². The summed E-state index contributed by atoms with van der Waals surface area (Å²) in [6.45, 7) is 15.7. The summed E-state index contributed by atoms with van der Waals surface area (Å²) in [5.74, 6) is 1.76. The number of halogens is 2. The number of nitrogens with zero attached hydrogens (tertiary/aromatic N) is 8. The number of carbonyl (C=O) groups is 6. The lowest BCUT2D eigenvalue weighted by Crippen LogP contribution is -2.47. The van der Waals surface area contributed by atoms with E-state index in [0.717, 1.165) is 24.0 Å². The maximum Gasteiger partial charge on any atom is 0.410 e. The second-order valence-electron chi connectivity index (χ2n) is 24.4. The number of carbonyl (C=O) groups excluding carboxylic acids is 6. The van der Waals surface area contributed by atoms with Crippen molar-refractivity contribution in [2.75, 3.05) is 74.3 Å². The van der Waals surface area contributed by atoms with Crippen molar-refractivity contribution in [2.24, 2.45) is 11.8 Å². The van der Waals surface area contributed by atoms with Crippen molar-refractivity contribution in [3.8, 4) is 23.0 Å². The molecule has 0 unspecified atom stereocenters. The summed E-state index contributed by atoms with van der Waals surface area (Å²) >= 11 is 5.86. The van der Waals surface area contributed by atoms with Gasteiger partial charge in [-0.1, -0.05) is 6.07 Å². The standard InChI is InChI=1S/C44H47FN6O7.C21H31ClN2O5/c1-44(2,3)58-43(55)47-14-11-27(12-15-47)23-50(24-28-9-10-31(56-4)20-37(28)57-5)42(54)49-17-16-48-26-33(32-19-30(45)18-29(25-49)41(32)48)39-35(52)21-36(53)40(39)34-22-46-38-8-6-7-13-51(34)38;1-21(2,3)29-20(26)23-10-8-15(9-11-23)13-24(19(22)25)14-16-6-7-17(27-4)12-18(16)28-5/h6-10,13,18-20,22,26-27H,11-12,14-17,21,23-25H2,1-5H3;6-7,12,15H,8-11,13-14H2,1-5H3. The van der Waals surface area contributed by atoms with E-state index >= 15 is 4.39 Å². The van der Waals surface area contributed by atoms with Gasteiger partial charge < -0.3 is 57.5 Å². The van der Waals surface area contributed by atoms with Crippen molar-refractivity contribution in [1.82, 2.24) is 38.5 Å². The number of methoxy groups -OCH3 is 4. The van der Waals surface area contributed by atoms with Crippen molar-refractivity contribution < 1.29 is 61.6 Å². The molecule has 22 heteroatoms. The highest BCUT2D eigenvalue weighted by Gasteiger charge is 2.38. The minimum Gasteiger partial charge on any atom is -0.497 e. The van der Waals surface area contributed by atoms with Crippen molar-refractivity contribution >= 4 is 74.4 Å². The number of fused-ring (bicyclic) bond motifs is 1. The highest BCUT2D eigenvalue weighted by molar-refractivity contribution is 6.62. The number of pyridine rings is 1. The van der Waals surface area contributed by atoms with E-state index in [1.807, 2.05) is 99.7 Å². The van der Waals surface area contributed by atoms with Gasteiger partial charge in [-0.3, -0.25) is 18.8 Å². The number of benzene rings is 3. The topological polar surface area (TPSA) is 196 Å². The van der Waals surface area contributed by atoms with E-state index in [2.05, 4.69) is 4.98 Å². The van der Waals surface area contributed by atoms with Crippen LogP contribution in [-0.2, 0) is 45.2 Å². The molecule has 3 aromatic heterocycles. The predicted octanol–water partition coefficient (Wildman–Crippen LogP) is 11.5. The Hall–Kier alpha value is -8.33. The van der Waals surface area contributed by atoms with Crippen molar-refractivity contribution in [2.45, 2.75) is 111 Å². The smallest absolute Gasteiger partial charge is 0.410 e. The fraction of sp³-hybridized carbons (Fsp3) is 0.462. The number of Topliss-reactive ketones (excluding diaryl/α,β-unsaturated/α-hetero) is 2. The average molecular weight is 1220 g/mol. The van der Waals surface area contributed by atoms with Crippen LogP contribution in [0.25, 0.3) is 27.7 Å². The molecule has 20 nitrogen and oxygen atoms in total. The van der Waals surface area contributed by atoms with Crippen LogP contribution in [0.5, 0.6) is 23.0 Å². The van der Waals surface area contributed by atoms with E-state index in [1.54, 1.807) is 77.0 Å². The van der Waals surface area contributed by atoms with E-state index in [4.69, 9.17) is 40.0 Å². The number of aromatic nitrogens is 3. The molecule has 6 aromatic rings. The minimum absolute atomic E-state index is 0.109. The van der Waals surface area contributed by atoms with E-state index in [9.17, 15) is 28.8 Å². The summed E-state index contributed by atoms with van der Waals surface area (Å²) in [6, 6.07) is 19.1. The average Bonchev–Trinajstić information content (AvgIpc) is 1.66. The molecule has 0 atom stereocenters. The summed E-state index contributed by atoms with van der Waals surface area (Å²) in [6.07, 6.45) is 7.26. The molecular formula is C65H78ClFN8O12. The van der Waals surface area contributed by atoms with Crippen LogP contribution in [0, 0.1) is 17.7 Å². The maximum absolute atomic E-state index is 15.7. The molecule has 3 aromatic carbocycles. The Morgan fingerprint density at radius 2 is 1.20 bits per heavy atom. The number of rotatable bonds is 14. The van der Waals surface area contributed by atoms with Gasteiger partial charge >= 0.3 is 23.6 Å². The Morgan fingerprint density at radius 3 is 1.72 bits per heavy atom. The maximum atomic E-state index is 15.7. The molecule has 0 bridgehead atoms. The predicted molar refractivity (Wildman–Crippen MR) is 327 cm³/mol. The lowest BCUT2D eigenvalue weighted by molar-refractivity contribution is -0.119. The molecule has 1 aliphatic carbocycles. The minimum atomic E-state index is -0.597. The molecule has 6 heterocycles. The Kier molecular flexibility index (Phi) is 19.4. The molecule has 10 rings (SSSR count). The first-order valence-electron chi connectivity index (χ1n) is 29.3. The lowest BCUT2D eigenvalue weighted by atomic mass is 9.96. The molecule has 0 N–H and O–H groups in total. The Labute approximate surface area is 511 Å². The third-order valence-corrected chi connectivity index (χ3v) is 16.3. The number of ether oxygens (including phenoxy) is 6. The van der Waals surface area contributed by atoms with Gasteiger partial charge in [-0.15, -0.1) is 0 Å². The van der Waals surface area contributed by atoms with Crippen molar-refractivity contribution in [1.29, 1.82) is 0 Å². The molecule has 0 radical (unpaired) electrons. The molecule has 5 amide bonds. The first-order chi connectivity index (χ1) is 41.4. The van der Waals surface area contributed by atoms with Gasteiger partial charge in [0.1, 0.15) is 45.7 Å². The summed E-state index contributed by atoms with van der Waals surface area (Å²) in [4.78, 5) is 92.0. The first-order valence-corrected chi connectivity index (χ1v) is 29.7. The quantitative estimate of drug-likeness (QED) is 0.0568. The van der Waals surface area contributed by atoms with Crippen LogP contribution in [0.3, 0.4) is 0 Å². The van der Waals surface area contributed by atoms with Gasteiger partial charge in [-0.05, 0) is 145 Å². The van der Waals surface area contributed by atoms with Gasteiger partial charge in [0.05, 0.1) is 70.9 Å². The van der Waals surface area contributed by atoms with Gasteiger partial charge in [0, 0.05) is 111 Å². The fourth-order valence-electron chi connectivity index (χ4n) is 11.8. The second-order valence-corrected chi connectivity index (χ2v) is 24.8. The molecule has 0 saturated carbocycles. The number of amides is 5. The van der Waals surface area contributed by atoms with E-state index < -0.39 is 22.4 Å². The van der Waals surface area contributed by atoms with Crippen LogP contribution in [0.4, 0.5) is 23.6 Å². The first kappa shape index (κ1) is 63.2. The highest BCUT2D eigenvalue weighted by atomic mass is 35.5.